The quantitative estimate of drug-likeness (QED) is 0.359. The maximum Gasteiger partial charge on any atom is 0.232 e. The molecule has 0 saturated carbocycles. The van der Waals surface area contributed by atoms with Gasteiger partial charge in [0.2, 0.25) is 5.91 Å². The Kier molecular flexibility index (Phi) is 5.48. The Hall–Kier alpha value is -3.84. The van der Waals surface area contributed by atoms with Crippen molar-refractivity contribution >= 4 is 33.3 Å². The topological polar surface area (TPSA) is 72.7 Å². The number of fused-ring (bicyclic) bond motifs is 1. The van der Waals surface area contributed by atoms with Crippen LogP contribution >= 0.6 is 11.3 Å². The number of benzene rings is 2. The van der Waals surface area contributed by atoms with E-state index in [1.807, 2.05) is 66.5 Å². The lowest BCUT2D eigenvalue weighted by molar-refractivity contribution is -0.124. The molecule has 7 heteroatoms. The van der Waals surface area contributed by atoms with Crippen LogP contribution in [-0.4, -0.2) is 25.7 Å². The van der Waals surface area contributed by atoms with Crippen molar-refractivity contribution in [1.29, 1.82) is 0 Å². The third-order valence-electron chi connectivity index (χ3n) is 5.88. The van der Waals surface area contributed by atoms with E-state index in [0.29, 0.717) is 5.13 Å². The summed E-state index contributed by atoms with van der Waals surface area (Å²) in [4.78, 5) is 22.0. The molecule has 0 aliphatic heterocycles. The number of hydrogen-bond acceptors (Lipinski definition) is 5. The van der Waals surface area contributed by atoms with Crippen molar-refractivity contribution in [1.82, 2.24) is 19.7 Å². The van der Waals surface area contributed by atoms with Crippen LogP contribution < -0.4 is 5.32 Å². The van der Waals surface area contributed by atoms with Gasteiger partial charge in [0, 0.05) is 29.1 Å². The van der Waals surface area contributed by atoms with Crippen molar-refractivity contribution in [2.75, 3.05) is 5.32 Å². The van der Waals surface area contributed by atoms with Crippen LogP contribution in [0, 0.1) is 5.41 Å². The molecule has 0 saturated heterocycles. The van der Waals surface area contributed by atoms with Gasteiger partial charge in [0.15, 0.2) is 10.9 Å². The molecule has 164 valence electrons. The highest BCUT2D eigenvalue weighted by molar-refractivity contribution is 7.13. The van der Waals surface area contributed by atoms with Crippen molar-refractivity contribution in [2.45, 2.75) is 19.8 Å². The molecule has 5 aromatic rings. The number of carbonyl (C=O) groups is 1. The largest absolute Gasteiger partial charge is 0.301 e. The Balaban J connectivity index is 1.58. The molecule has 33 heavy (non-hydrogen) atoms. The molecule has 0 aliphatic carbocycles. The van der Waals surface area contributed by atoms with E-state index in [1.165, 1.54) is 11.3 Å². The van der Waals surface area contributed by atoms with E-state index in [2.05, 4.69) is 50.7 Å². The maximum absolute atomic E-state index is 13.4. The molecular formula is C26H23N5OS. The summed E-state index contributed by atoms with van der Waals surface area (Å²) in [5.41, 5.74) is 2.36. The molecule has 0 spiro atoms. The van der Waals surface area contributed by atoms with Crippen LogP contribution in [-0.2, 0) is 4.79 Å². The minimum Gasteiger partial charge on any atom is -0.301 e. The second-order valence-corrected chi connectivity index (χ2v) is 9.31. The average Bonchev–Trinajstić information content (AvgIpc) is 3.50. The van der Waals surface area contributed by atoms with Gasteiger partial charge < -0.3 is 5.32 Å². The first kappa shape index (κ1) is 21.0. The van der Waals surface area contributed by atoms with E-state index in [1.54, 1.807) is 12.4 Å². The first-order valence-corrected chi connectivity index (χ1v) is 11.6. The molecule has 0 fully saturated rings. The predicted molar refractivity (Wildman–Crippen MR) is 132 cm³/mol. The number of amides is 1. The number of nitrogens with one attached hydrogen (secondary N) is 1. The van der Waals surface area contributed by atoms with E-state index < -0.39 is 5.41 Å². The van der Waals surface area contributed by atoms with Crippen LogP contribution in [0.5, 0.6) is 0 Å². The van der Waals surface area contributed by atoms with Gasteiger partial charge in [-0.15, -0.1) is 11.3 Å². The third kappa shape index (κ3) is 4.03. The standard InChI is InChI=1S/C26H23N5OS/c1-26(2,24(32)30-25-28-14-15-33-25)23(18-8-4-3-5-9-18)19-11-12-21-20(16-19)17-29-31(21)22-10-6-7-13-27-22/h3-17,23H,1-2H3,(H,28,30,32). The van der Waals surface area contributed by atoms with Crippen LogP contribution in [0.15, 0.2) is 90.7 Å². The molecule has 0 aliphatic rings. The second kappa shape index (κ2) is 8.60. The number of rotatable bonds is 6. The Morgan fingerprint density at radius 1 is 0.970 bits per heavy atom. The van der Waals surface area contributed by atoms with Gasteiger partial charge in [0.25, 0.3) is 0 Å². The molecule has 5 rings (SSSR count). The molecule has 2 aromatic carbocycles. The predicted octanol–water partition coefficient (Wildman–Crippen LogP) is 5.67. The third-order valence-corrected chi connectivity index (χ3v) is 6.57. The number of carbonyl (C=O) groups excluding carboxylic acids is 1. The highest BCUT2D eigenvalue weighted by Crippen LogP contribution is 2.42. The summed E-state index contributed by atoms with van der Waals surface area (Å²) >= 11 is 1.41. The fraction of sp³-hybridized carbons (Fsp3) is 0.154. The first-order valence-electron chi connectivity index (χ1n) is 10.7. The highest BCUT2D eigenvalue weighted by atomic mass is 32.1. The van der Waals surface area contributed by atoms with Gasteiger partial charge >= 0.3 is 0 Å². The van der Waals surface area contributed by atoms with Crippen LogP contribution in [0.4, 0.5) is 5.13 Å². The summed E-state index contributed by atoms with van der Waals surface area (Å²) in [6.45, 7) is 3.96. The summed E-state index contributed by atoms with van der Waals surface area (Å²) in [6, 6.07) is 22.2. The molecule has 1 amide bonds. The number of aromatic nitrogens is 4. The number of thiazole rings is 1. The van der Waals surface area contributed by atoms with Gasteiger partial charge in [-0.3, -0.25) is 4.79 Å². The molecule has 0 bridgehead atoms. The van der Waals surface area contributed by atoms with Crippen molar-refractivity contribution in [3.63, 3.8) is 0 Å². The number of anilines is 1. The van der Waals surface area contributed by atoms with Gasteiger partial charge in [-0.05, 0) is 35.4 Å². The summed E-state index contributed by atoms with van der Waals surface area (Å²) in [7, 11) is 0. The van der Waals surface area contributed by atoms with Crippen LogP contribution in [0.25, 0.3) is 16.7 Å². The maximum atomic E-state index is 13.4. The van der Waals surface area contributed by atoms with Gasteiger partial charge in [-0.1, -0.05) is 56.3 Å². The van der Waals surface area contributed by atoms with E-state index in [4.69, 9.17) is 0 Å². The Morgan fingerprint density at radius 3 is 2.52 bits per heavy atom. The highest BCUT2D eigenvalue weighted by Gasteiger charge is 2.39. The zero-order chi connectivity index (χ0) is 22.8. The van der Waals surface area contributed by atoms with Crippen LogP contribution in [0.3, 0.4) is 0 Å². The molecule has 1 atom stereocenters. The van der Waals surface area contributed by atoms with Crippen molar-refractivity contribution < 1.29 is 4.79 Å². The molecule has 6 nitrogen and oxygen atoms in total. The smallest absolute Gasteiger partial charge is 0.232 e. The van der Waals surface area contributed by atoms with Gasteiger partial charge in [-0.25, -0.2) is 14.6 Å². The zero-order valence-electron chi connectivity index (χ0n) is 18.3. The zero-order valence-corrected chi connectivity index (χ0v) is 19.2. The van der Waals surface area contributed by atoms with Gasteiger partial charge in [0.05, 0.1) is 17.1 Å². The Morgan fingerprint density at radius 2 is 1.79 bits per heavy atom. The fourth-order valence-electron chi connectivity index (χ4n) is 4.24. The van der Waals surface area contributed by atoms with Crippen LogP contribution in [0.2, 0.25) is 0 Å². The van der Waals surface area contributed by atoms with Crippen molar-refractivity contribution in [3.8, 4) is 5.82 Å². The Labute approximate surface area is 196 Å². The summed E-state index contributed by atoms with van der Waals surface area (Å²) in [5, 5.41) is 11.0. The van der Waals surface area contributed by atoms with Crippen molar-refractivity contribution in [2.24, 2.45) is 5.41 Å². The average molecular weight is 454 g/mol. The summed E-state index contributed by atoms with van der Waals surface area (Å²) in [5.74, 6) is 0.528. The van der Waals surface area contributed by atoms with Crippen molar-refractivity contribution in [3.05, 3.63) is 102 Å². The molecule has 1 N–H and O–H groups in total. The fourth-order valence-corrected chi connectivity index (χ4v) is 4.76. The SMILES string of the molecule is CC(C)(C(=O)Nc1nccs1)C(c1ccccc1)c1ccc2c(cnn2-c2ccccn2)c1. The van der Waals surface area contributed by atoms with E-state index >= 15 is 0 Å². The molecular weight excluding hydrogens is 430 g/mol. The lowest BCUT2D eigenvalue weighted by Gasteiger charge is -2.34. The minimum absolute atomic E-state index is 0.0735. The molecule has 3 heterocycles. The monoisotopic (exact) mass is 453 g/mol. The number of pyridine rings is 1. The number of hydrogen-bond donors (Lipinski definition) is 1. The molecule has 3 aromatic heterocycles. The Bertz CT molecular complexity index is 1380. The summed E-state index contributed by atoms with van der Waals surface area (Å²) < 4.78 is 1.83. The van der Waals surface area contributed by atoms with E-state index in [9.17, 15) is 4.79 Å². The molecule has 1 unspecified atom stereocenters. The second-order valence-electron chi connectivity index (χ2n) is 8.42. The van der Waals surface area contributed by atoms with Crippen LogP contribution in [0.1, 0.15) is 30.9 Å². The lowest BCUT2D eigenvalue weighted by Crippen LogP contribution is -2.37. The molecule has 0 radical (unpaired) electrons. The number of nitrogens with zero attached hydrogens (tertiary/aromatic N) is 4. The minimum atomic E-state index is -0.738. The normalized spacial score (nSPS) is 12.5. The van der Waals surface area contributed by atoms with Gasteiger partial charge in [-0.2, -0.15) is 5.10 Å². The van der Waals surface area contributed by atoms with Gasteiger partial charge in [0.1, 0.15) is 0 Å². The van der Waals surface area contributed by atoms with E-state index in [-0.39, 0.29) is 11.8 Å². The lowest BCUT2D eigenvalue weighted by atomic mass is 9.70. The van der Waals surface area contributed by atoms with E-state index in [0.717, 1.165) is 27.8 Å². The first-order chi connectivity index (χ1) is 16.0. The summed E-state index contributed by atoms with van der Waals surface area (Å²) in [6.07, 6.45) is 5.29.